The summed E-state index contributed by atoms with van der Waals surface area (Å²) in [6.45, 7) is 1.35. The van der Waals surface area contributed by atoms with Crippen LogP contribution in [0.5, 0.6) is 0 Å². The molecule has 0 bridgehead atoms. The predicted molar refractivity (Wildman–Crippen MR) is 97.4 cm³/mol. The molecule has 3 aliphatic rings. The minimum Gasteiger partial charge on any atom is -0.396 e. The van der Waals surface area contributed by atoms with E-state index in [0.717, 1.165) is 63.1 Å². The topological polar surface area (TPSA) is 66.1 Å². The lowest BCUT2D eigenvalue weighted by Gasteiger charge is -2.34. The van der Waals surface area contributed by atoms with E-state index in [4.69, 9.17) is 20.0 Å². The Kier molecular flexibility index (Phi) is 5.32. The van der Waals surface area contributed by atoms with Crippen molar-refractivity contribution < 1.29 is 23.1 Å². The molecule has 2 saturated carbocycles. The van der Waals surface area contributed by atoms with Crippen LogP contribution in [0.2, 0.25) is 0 Å². The molecule has 0 amide bonds. The molecule has 2 N–H and O–H groups in total. The van der Waals surface area contributed by atoms with Gasteiger partial charge in [-0.2, -0.15) is 0 Å². The van der Waals surface area contributed by atoms with Gasteiger partial charge in [-0.05, 0) is 56.1 Å². The van der Waals surface area contributed by atoms with Gasteiger partial charge < -0.3 is 20.0 Å². The van der Waals surface area contributed by atoms with Crippen molar-refractivity contribution in [1.82, 2.24) is 0 Å². The minimum atomic E-state index is -0.556. The first-order valence-corrected chi connectivity index (χ1v) is 9.78. The summed E-state index contributed by atoms with van der Waals surface area (Å²) in [6, 6.07) is 2.31. The van der Waals surface area contributed by atoms with Crippen molar-refractivity contribution in [2.75, 3.05) is 18.9 Å². The molecule has 148 valence electrons. The molecule has 7 heteroatoms. The fourth-order valence-corrected chi connectivity index (χ4v) is 4.32. The van der Waals surface area contributed by atoms with Gasteiger partial charge in [-0.15, -0.1) is 0 Å². The first-order chi connectivity index (χ1) is 13.0. The summed E-state index contributed by atoms with van der Waals surface area (Å²) < 4.78 is 39.2. The van der Waals surface area contributed by atoms with Crippen molar-refractivity contribution in [3.63, 3.8) is 0 Å². The van der Waals surface area contributed by atoms with Gasteiger partial charge in [-0.1, -0.05) is 5.16 Å². The number of oxime groups is 1. The van der Waals surface area contributed by atoms with E-state index in [9.17, 15) is 8.78 Å². The highest BCUT2D eigenvalue weighted by Crippen LogP contribution is 2.37. The first kappa shape index (κ1) is 18.6. The Bertz CT molecular complexity index is 699. The Balaban J connectivity index is 1.27. The number of hydrogen-bond donors (Lipinski definition) is 1. The van der Waals surface area contributed by atoms with Gasteiger partial charge in [-0.3, -0.25) is 0 Å². The van der Waals surface area contributed by atoms with Crippen LogP contribution in [-0.4, -0.2) is 30.8 Å². The molecule has 1 aromatic rings. The lowest BCUT2D eigenvalue weighted by molar-refractivity contribution is -0.191. The summed E-state index contributed by atoms with van der Waals surface area (Å²) in [5, 5.41) is 4.35. The van der Waals surface area contributed by atoms with Crippen LogP contribution in [0.3, 0.4) is 0 Å². The maximum atomic E-state index is 14.1. The number of nitrogen functional groups attached to an aromatic ring is 1. The Morgan fingerprint density at radius 2 is 1.67 bits per heavy atom. The summed E-state index contributed by atoms with van der Waals surface area (Å²) in [7, 11) is 0. The second-order valence-corrected chi connectivity index (χ2v) is 7.74. The SMILES string of the molecule is Nc1cc(F)c(C2CCC(=NOC3CCC4(CC3)OCCO4)CC2)cc1F. The van der Waals surface area contributed by atoms with E-state index in [1.54, 1.807) is 0 Å². The van der Waals surface area contributed by atoms with Crippen LogP contribution in [0.15, 0.2) is 17.3 Å². The smallest absolute Gasteiger partial charge is 0.168 e. The van der Waals surface area contributed by atoms with Gasteiger partial charge in [0, 0.05) is 18.9 Å². The Labute approximate surface area is 157 Å². The van der Waals surface area contributed by atoms with Crippen LogP contribution < -0.4 is 5.73 Å². The van der Waals surface area contributed by atoms with Crippen molar-refractivity contribution in [3.05, 3.63) is 29.3 Å². The Morgan fingerprint density at radius 3 is 2.33 bits per heavy atom. The van der Waals surface area contributed by atoms with Gasteiger partial charge in [0.2, 0.25) is 0 Å². The van der Waals surface area contributed by atoms with Gasteiger partial charge >= 0.3 is 0 Å². The van der Waals surface area contributed by atoms with Crippen LogP contribution in [0.1, 0.15) is 62.8 Å². The van der Waals surface area contributed by atoms with Crippen molar-refractivity contribution in [3.8, 4) is 0 Å². The summed E-state index contributed by atoms with van der Waals surface area (Å²) in [5.41, 5.74) is 6.68. The van der Waals surface area contributed by atoms with Crippen LogP contribution >= 0.6 is 0 Å². The summed E-state index contributed by atoms with van der Waals surface area (Å²) in [5.74, 6) is -1.38. The summed E-state index contributed by atoms with van der Waals surface area (Å²) in [4.78, 5) is 5.75. The molecule has 1 aliphatic heterocycles. The van der Waals surface area contributed by atoms with Crippen LogP contribution in [0.4, 0.5) is 14.5 Å². The molecule has 1 saturated heterocycles. The van der Waals surface area contributed by atoms with E-state index in [0.29, 0.717) is 18.8 Å². The lowest BCUT2D eigenvalue weighted by Crippen LogP contribution is -2.37. The maximum absolute atomic E-state index is 14.1. The number of halogens is 2. The molecule has 1 spiro atoms. The van der Waals surface area contributed by atoms with Gasteiger partial charge in [0.25, 0.3) is 0 Å². The molecule has 1 heterocycles. The van der Waals surface area contributed by atoms with Crippen LogP contribution in [-0.2, 0) is 14.3 Å². The molecular weight excluding hydrogens is 354 g/mol. The van der Waals surface area contributed by atoms with E-state index in [2.05, 4.69) is 5.16 Å². The predicted octanol–water partition coefficient (Wildman–Crippen LogP) is 4.26. The molecule has 0 unspecified atom stereocenters. The molecular formula is C20H26F2N2O3. The standard InChI is InChI=1S/C20H26F2N2O3/c21-17-12-19(23)18(22)11-16(17)13-1-3-14(4-2-13)24-27-15-5-7-20(8-6-15)25-9-10-26-20/h11-13,15H,1-10,23H2. The molecule has 27 heavy (non-hydrogen) atoms. The molecule has 1 aromatic carbocycles. The average Bonchev–Trinajstić information content (AvgIpc) is 3.13. The number of rotatable bonds is 3. The van der Waals surface area contributed by atoms with Crippen molar-refractivity contribution in [1.29, 1.82) is 0 Å². The number of ether oxygens (including phenoxy) is 2. The maximum Gasteiger partial charge on any atom is 0.168 e. The number of anilines is 1. The van der Waals surface area contributed by atoms with Crippen molar-refractivity contribution in [2.45, 2.75) is 69.2 Å². The number of hydrogen-bond acceptors (Lipinski definition) is 5. The number of nitrogens with zero attached hydrogens (tertiary/aromatic N) is 1. The third kappa shape index (κ3) is 4.09. The van der Waals surface area contributed by atoms with E-state index >= 15 is 0 Å². The zero-order valence-corrected chi connectivity index (χ0v) is 15.4. The molecule has 4 rings (SSSR count). The van der Waals surface area contributed by atoms with E-state index in [1.165, 1.54) is 6.07 Å². The minimum absolute atomic E-state index is 0.00903. The first-order valence-electron chi connectivity index (χ1n) is 9.78. The highest BCUT2D eigenvalue weighted by molar-refractivity contribution is 5.84. The van der Waals surface area contributed by atoms with Crippen LogP contribution in [0, 0.1) is 11.6 Å². The highest BCUT2D eigenvalue weighted by atomic mass is 19.1. The quantitative estimate of drug-likeness (QED) is 0.628. The van der Waals surface area contributed by atoms with E-state index in [1.807, 2.05) is 0 Å². The molecule has 3 fully saturated rings. The van der Waals surface area contributed by atoms with Gasteiger partial charge in [0.05, 0.1) is 24.6 Å². The van der Waals surface area contributed by atoms with Gasteiger partial charge in [0.1, 0.15) is 17.7 Å². The number of benzene rings is 1. The van der Waals surface area contributed by atoms with Gasteiger partial charge in [-0.25, -0.2) is 8.78 Å². The normalized spacial score (nSPS) is 25.7. The second kappa shape index (κ2) is 7.72. The zero-order chi connectivity index (χ0) is 18.9. The molecule has 0 radical (unpaired) electrons. The Morgan fingerprint density at radius 1 is 1.00 bits per heavy atom. The molecule has 2 aliphatic carbocycles. The fourth-order valence-electron chi connectivity index (χ4n) is 4.32. The second-order valence-electron chi connectivity index (χ2n) is 7.74. The lowest BCUT2D eigenvalue weighted by atomic mass is 9.83. The summed E-state index contributed by atoms with van der Waals surface area (Å²) in [6.07, 6.45) is 6.45. The fraction of sp³-hybridized carbons (Fsp3) is 0.650. The highest BCUT2D eigenvalue weighted by Gasteiger charge is 2.41. The van der Waals surface area contributed by atoms with E-state index in [-0.39, 0.29) is 23.5 Å². The average molecular weight is 380 g/mol. The van der Waals surface area contributed by atoms with Crippen molar-refractivity contribution in [2.24, 2.45) is 5.16 Å². The largest absolute Gasteiger partial charge is 0.396 e. The Hall–Kier alpha value is -1.73. The molecule has 0 aromatic heterocycles. The van der Waals surface area contributed by atoms with Gasteiger partial charge in [0.15, 0.2) is 5.79 Å². The third-order valence-electron chi connectivity index (χ3n) is 5.96. The third-order valence-corrected chi connectivity index (χ3v) is 5.96. The number of nitrogens with two attached hydrogens (primary N) is 1. The van der Waals surface area contributed by atoms with Crippen LogP contribution in [0.25, 0.3) is 0 Å². The van der Waals surface area contributed by atoms with Crippen molar-refractivity contribution >= 4 is 11.4 Å². The van der Waals surface area contributed by atoms with E-state index < -0.39 is 11.6 Å². The summed E-state index contributed by atoms with van der Waals surface area (Å²) >= 11 is 0. The molecule has 5 nitrogen and oxygen atoms in total. The monoisotopic (exact) mass is 380 g/mol. The molecule has 0 atom stereocenters. The zero-order valence-electron chi connectivity index (χ0n) is 15.4.